The Bertz CT molecular complexity index is 425. The van der Waals surface area contributed by atoms with Crippen molar-refractivity contribution in [2.75, 3.05) is 31.6 Å². The van der Waals surface area contributed by atoms with Crippen molar-refractivity contribution in [2.24, 2.45) is 0 Å². The first-order chi connectivity index (χ1) is 8.74. The van der Waals surface area contributed by atoms with E-state index in [4.69, 9.17) is 16.3 Å². The topological polar surface area (TPSA) is 41.6 Å². The molecule has 98 valence electrons. The molecule has 1 N–H and O–H groups in total. The third-order valence-corrected chi connectivity index (χ3v) is 3.29. The van der Waals surface area contributed by atoms with Gasteiger partial charge in [0.15, 0.2) is 0 Å². The van der Waals surface area contributed by atoms with Crippen molar-refractivity contribution in [3.05, 3.63) is 29.3 Å². The largest absolute Gasteiger partial charge is 0.366 e. The highest BCUT2D eigenvalue weighted by Gasteiger charge is 2.30. The van der Waals surface area contributed by atoms with E-state index in [1.807, 2.05) is 25.2 Å². The summed E-state index contributed by atoms with van der Waals surface area (Å²) in [5.41, 5.74) is 0.766. The number of nitrogens with zero attached hydrogens (tertiary/aromatic N) is 1. The minimum absolute atomic E-state index is 0.00963. The number of hydrogen-bond donors (Lipinski definition) is 1. The average molecular weight is 269 g/mol. The van der Waals surface area contributed by atoms with Crippen LogP contribution in [0.1, 0.15) is 6.42 Å². The summed E-state index contributed by atoms with van der Waals surface area (Å²) in [7, 11) is 1.86. The van der Waals surface area contributed by atoms with Crippen molar-refractivity contribution >= 4 is 23.2 Å². The Balaban J connectivity index is 2.14. The predicted octanol–water partition coefficient (Wildman–Crippen LogP) is 1.68. The van der Waals surface area contributed by atoms with E-state index in [1.165, 1.54) is 0 Å². The van der Waals surface area contributed by atoms with Crippen molar-refractivity contribution < 1.29 is 9.53 Å². The standard InChI is InChI=1S/C13H17ClN2O2/c1-15-7-6-12-13(17)16(8-9-18-12)11-5-3-2-4-10(11)14/h2-5,12,15H,6-9H2,1H3. The van der Waals surface area contributed by atoms with Crippen molar-refractivity contribution in [3.63, 3.8) is 0 Å². The van der Waals surface area contributed by atoms with Crippen LogP contribution in [0.25, 0.3) is 0 Å². The highest BCUT2D eigenvalue weighted by molar-refractivity contribution is 6.33. The van der Waals surface area contributed by atoms with E-state index >= 15 is 0 Å². The van der Waals surface area contributed by atoms with Gasteiger partial charge in [0.05, 0.1) is 17.3 Å². The molecule has 1 aliphatic rings. The summed E-state index contributed by atoms with van der Waals surface area (Å²) in [6.45, 7) is 1.86. The predicted molar refractivity (Wildman–Crippen MR) is 72.1 cm³/mol. The van der Waals surface area contributed by atoms with E-state index in [2.05, 4.69) is 5.32 Å². The Morgan fingerprint density at radius 3 is 3.00 bits per heavy atom. The van der Waals surface area contributed by atoms with Crippen molar-refractivity contribution in [1.29, 1.82) is 0 Å². The molecule has 1 aliphatic heterocycles. The number of benzene rings is 1. The number of ether oxygens (including phenoxy) is 1. The van der Waals surface area contributed by atoms with Crippen LogP contribution in [0, 0.1) is 0 Å². The van der Waals surface area contributed by atoms with E-state index < -0.39 is 0 Å². The molecule has 1 saturated heterocycles. The molecule has 0 spiro atoms. The molecule has 18 heavy (non-hydrogen) atoms. The summed E-state index contributed by atoms with van der Waals surface area (Å²) >= 11 is 6.13. The summed E-state index contributed by atoms with van der Waals surface area (Å²) in [6, 6.07) is 7.39. The second-order valence-electron chi connectivity index (χ2n) is 4.19. The Kier molecular flexibility index (Phi) is 4.58. The van der Waals surface area contributed by atoms with Crippen molar-refractivity contribution in [1.82, 2.24) is 5.32 Å². The van der Waals surface area contributed by atoms with E-state index in [9.17, 15) is 4.79 Å². The van der Waals surface area contributed by atoms with Crippen LogP contribution in [0.15, 0.2) is 24.3 Å². The van der Waals surface area contributed by atoms with Gasteiger partial charge >= 0.3 is 0 Å². The van der Waals surface area contributed by atoms with E-state index in [0.717, 1.165) is 12.2 Å². The average Bonchev–Trinajstić information content (AvgIpc) is 2.39. The molecule has 1 aromatic carbocycles. The fraction of sp³-hybridized carbons (Fsp3) is 0.462. The molecule has 0 bridgehead atoms. The van der Waals surface area contributed by atoms with Crippen LogP contribution in [0.2, 0.25) is 5.02 Å². The Morgan fingerprint density at radius 2 is 2.28 bits per heavy atom. The number of morpholine rings is 1. The quantitative estimate of drug-likeness (QED) is 0.903. The van der Waals surface area contributed by atoms with Gasteiger partial charge in [-0.2, -0.15) is 0 Å². The number of halogens is 1. The van der Waals surface area contributed by atoms with Gasteiger partial charge in [0, 0.05) is 6.54 Å². The molecule has 0 radical (unpaired) electrons. The third kappa shape index (κ3) is 2.83. The minimum atomic E-state index is -0.373. The maximum absolute atomic E-state index is 12.3. The summed E-state index contributed by atoms with van der Waals surface area (Å²) < 4.78 is 5.51. The Morgan fingerprint density at radius 1 is 1.50 bits per heavy atom. The van der Waals surface area contributed by atoms with E-state index in [1.54, 1.807) is 11.0 Å². The number of hydrogen-bond acceptors (Lipinski definition) is 3. The molecular weight excluding hydrogens is 252 g/mol. The number of anilines is 1. The zero-order valence-electron chi connectivity index (χ0n) is 10.4. The maximum atomic E-state index is 12.3. The number of nitrogens with one attached hydrogen (secondary N) is 1. The summed E-state index contributed by atoms with van der Waals surface area (Å²) in [6.07, 6.45) is 0.304. The number of rotatable bonds is 4. The third-order valence-electron chi connectivity index (χ3n) is 2.98. The Labute approximate surface area is 112 Å². The molecule has 0 aliphatic carbocycles. The fourth-order valence-corrected chi connectivity index (χ4v) is 2.27. The van der Waals surface area contributed by atoms with Crippen molar-refractivity contribution in [3.8, 4) is 0 Å². The highest BCUT2D eigenvalue weighted by Crippen LogP contribution is 2.27. The first-order valence-electron chi connectivity index (χ1n) is 6.06. The lowest BCUT2D eigenvalue weighted by atomic mass is 10.1. The molecule has 1 amide bonds. The van der Waals surface area contributed by atoms with Gasteiger partial charge in [-0.1, -0.05) is 23.7 Å². The van der Waals surface area contributed by atoms with Crippen LogP contribution >= 0.6 is 11.6 Å². The van der Waals surface area contributed by atoms with Gasteiger partial charge in [0.2, 0.25) is 0 Å². The van der Waals surface area contributed by atoms with E-state index in [0.29, 0.717) is 24.6 Å². The van der Waals surface area contributed by atoms with Gasteiger partial charge in [-0.25, -0.2) is 0 Å². The van der Waals surface area contributed by atoms with Crippen LogP contribution in [0.4, 0.5) is 5.69 Å². The molecular formula is C13H17ClN2O2. The monoisotopic (exact) mass is 268 g/mol. The van der Waals surface area contributed by atoms with Crippen LogP contribution in [0.5, 0.6) is 0 Å². The van der Waals surface area contributed by atoms with Gasteiger partial charge in [-0.15, -0.1) is 0 Å². The lowest BCUT2D eigenvalue weighted by Crippen LogP contribution is -2.48. The molecule has 0 saturated carbocycles. The minimum Gasteiger partial charge on any atom is -0.366 e. The normalized spacial score (nSPS) is 20.2. The van der Waals surface area contributed by atoms with Gasteiger partial charge in [-0.3, -0.25) is 4.79 Å². The molecule has 0 aromatic heterocycles. The molecule has 1 unspecified atom stereocenters. The Hall–Kier alpha value is -1.10. The zero-order chi connectivity index (χ0) is 13.0. The van der Waals surface area contributed by atoms with Crippen LogP contribution < -0.4 is 10.2 Å². The first-order valence-corrected chi connectivity index (χ1v) is 6.44. The lowest BCUT2D eigenvalue weighted by molar-refractivity contribution is -0.134. The second kappa shape index (κ2) is 6.18. The highest BCUT2D eigenvalue weighted by atomic mass is 35.5. The van der Waals surface area contributed by atoms with Gasteiger partial charge in [0.1, 0.15) is 6.10 Å². The molecule has 1 atom stereocenters. The second-order valence-corrected chi connectivity index (χ2v) is 4.60. The molecule has 5 heteroatoms. The molecule has 1 aromatic rings. The molecule has 1 heterocycles. The zero-order valence-corrected chi connectivity index (χ0v) is 11.1. The number of amides is 1. The SMILES string of the molecule is CNCCC1OCCN(c2ccccc2Cl)C1=O. The number of para-hydroxylation sites is 1. The summed E-state index contributed by atoms with van der Waals surface area (Å²) in [5, 5.41) is 3.62. The van der Waals surface area contributed by atoms with E-state index in [-0.39, 0.29) is 12.0 Å². The fourth-order valence-electron chi connectivity index (χ4n) is 2.03. The summed E-state index contributed by atoms with van der Waals surface area (Å²) in [4.78, 5) is 14.0. The molecule has 4 nitrogen and oxygen atoms in total. The first kappa shape index (κ1) is 13.3. The van der Waals surface area contributed by atoms with Gasteiger partial charge in [-0.05, 0) is 32.1 Å². The summed E-state index contributed by atoms with van der Waals surface area (Å²) in [5.74, 6) is -0.00963. The van der Waals surface area contributed by atoms with Crippen LogP contribution in [0.3, 0.4) is 0 Å². The maximum Gasteiger partial charge on any atom is 0.256 e. The van der Waals surface area contributed by atoms with Crippen molar-refractivity contribution in [2.45, 2.75) is 12.5 Å². The molecule has 1 fully saturated rings. The smallest absolute Gasteiger partial charge is 0.256 e. The van der Waals surface area contributed by atoms with Gasteiger partial charge in [0.25, 0.3) is 5.91 Å². The number of carbonyl (C=O) groups is 1. The number of carbonyl (C=O) groups excluding carboxylic acids is 1. The van der Waals surface area contributed by atoms with Gasteiger partial charge < -0.3 is 15.0 Å². The van der Waals surface area contributed by atoms with Crippen LogP contribution in [-0.2, 0) is 9.53 Å². The lowest BCUT2D eigenvalue weighted by Gasteiger charge is -2.33. The van der Waals surface area contributed by atoms with Crippen LogP contribution in [-0.4, -0.2) is 38.8 Å². The molecule has 2 rings (SSSR count).